The van der Waals surface area contributed by atoms with Gasteiger partial charge in [0, 0.05) is 41.3 Å². The molecular formula is C18H15N5O. The van der Waals surface area contributed by atoms with Gasteiger partial charge in [-0.05, 0) is 23.8 Å². The van der Waals surface area contributed by atoms with Crippen LogP contribution in [-0.2, 0) is 6.54 Å². The predicted octanol–water partition coefficient (Wildman–Crippen LogP) is 2.55. The molecular weight excluding hydrogens is 302 g/mol. The molecule has 0 atom stereocenters. The lowest BCUT2D eigenvalue weighted by molar-refractivity contribution is 0.269. The number of pyridine rings is 1. The molecule has 118 valence electrons. The molecule has 3 aromatic heterocycles. The van der Waals surface area contributed by atoms with Crippen molar-refractivity contribution in [2.75, 3.05) is 6.61 Å². The second-order valence-electron chi connectivity index (χ2n) is 5.38. The minimum absolute atomic E-state index is 0.0373. The fourth-order valence-electron chi connectivity index (χ4n) is 2.80. The molecule has 3 heterocycles. The Kier molecular flexibility index (Phi) is 3.72. The summed E-state index contributed by atoms with van der Waals surface area (Å²) in [7, 11) is 0. The number of aromatic nitrogens is 5. The maximum atomic E-state index is 9.24. The van der Waals surface area contributed by atoms with Crippen molar-refractivity contribution in [3.63, 3.8) is 0 Å². The first kappa shape index (κ1) is 14.5. The van der Waals surface area contributed by atoms with Crippen LogP contribution in [0.4, 0.5) is 0 Å². The van der Waals surface area contributed by atoms with Crippen LogP contribution in [0.25, 0.3) is 33.3 Å². The van der Waals surface area contributed by atoms with Gasteiger partial charge in [-0.3, -0.25) is 9.67 Å². The molecule has 0 spiro atoms. The highest BCUT2D eigenvalue weighted by atomic mass is 16.3. The van der Waals surface area contributed by atoms with Crippen LogP contribution in [0.1, 0.15) is 0 Å². The Bertz CT molecular complexity index is 976. The quantitative estimate of drug-likeness (QED) is 0.626. The summed E-state index contributed by atoms with van der Waals surface area (Å²) >= 11 is 0. The van der Waals surface area contributed by atoms with E-state index in [4.69, 9.17) is 0 Å². The molecule has 4 rings (SSSR count). The number of rotatable bonds is 4. The molecule has 0 amide bonds. The normalized spacial score (nSPS) is 11.0. The lowest BCUT2D eigenvalue weighted by Gasteiger charge is -2.06. The number of hydrogen-bond donors (Lipinski definition) is 1. The van der Waals surface area contributed by atoms with Gasteiger partial charge >= 0.3 is 0 Å². The molecule has 0 saturated heterocycles. The Morgan fingerprint density at radius 3 is 2.71 bits per heavy atom. The van der Waals surface area contributed by atoms with E-state index >= 15 is 0 Å². The summed E-state index contributed by atoms with van der Waals surface area (Å²) in [4.78, 5) is 12.6. The monoisotopic (exact) mass is 317 g/mol. The number of nitrogens with zero attached hydrogens (tertiary/aromatic N) is 5. The van der Waals surface area contributed by atoms with Crippen LogP contribution >= 0.6 is 0 Å². The van der Waals surface area contributed by atoms with Gasteiger partial charge in [0.2, 0.25) is 0 Å². The van der Waals surface area contributed by atoms with E-state index in [1.807, 2.05) is 42.7 Å². The number of benzene rings is 1. The zero-order valence-corrected chi connectivity index (χ0v) is 12.9. The Hall–Kier alpha value is -3.12. The minimum Gasteiger partial charge on any atom is -0.394 e. The second kappa shape index (κ2) is 6.17. The SMILES string of the molecule is OCCn1cc(-c2cccc3ncncc23)c(-c2ccncc2)n1. The third-order valence-electron chi connectivity index (χ3n) is 3.88. The summed E-state index contributed by atoms with van der Waals surface area (Å²) in [5.41, 5.74) is 4.71. The molecule has 4 aromatic rings. The molecule has 6 heteroatoms. The second-order valence-corrected chi connectivity index (χ2v) is 5.38. The fraction of sp³-hybridized carbons (Fsp3) is 0.111. The summed E-state index contributed by atoms with van der Waals surface area (Å²) in [5, 5.41) is 14.9. The molecule has 0 aliphatic rings. The highest BCUT2D eigenvalue weighted by molar-refractivity contribution is 5.97. The fourth-order valence-corrected chi connectivity index (χ4v) is 2.80. The van der Waals surface area contributed by atoms with Gasteiger partial charge in [-0.15, -0.1) is 0 Å². The van der Waals surface area contributed by atoms with Crippen LogP contribution in [0.2, 0.25) is 0 Å². The Morgan fingerprint density at radius 2 is 1.88 bits per heavy atom. The van der Waals surface area contributed by atoms with E-state index in [0.717, 1.165) is 33.3 Å². The highest BCUT2D eigenvalue weighted by Crippen LogP contribution is 2.34. The van der Waals surface area contributed by atoms with E-state index in [-0.39, 0.29) is 6.61 Å². The van der Waals surface area contributed by atoms with Gasteiger partial charge < -0.3 is 5.11 Å². The van der Waals surface area contributed by atoms with E-state index in [1.54, 1.807) is 23.4 Å². The zero-order valence-electron chi connectivity index (χ0n) is 12.9. The molecule has 0 aliphatic carbocycles. The van der Waals surface area contributed by atoms with Gasteiger partial charge in [-0.2, -0.15) is 5.10 Å². The minimum atomic E-state index is 0.0373. The topological polar surface area (TPSA) is 76.7 Å². The summed E-state index contributed by atoms with van der Waals surface area (Å²) in [6.07, 6.45) is 8.81. The first-order valence-electron chi connectivity index (χ1n) is 7.64. The molecule has 1 N–H and O–H groups in total. The van der Waals surface area contributed by atoms with Gasteiger partial charge in [0.05, 0.1) is 18.7 Å². The molecule has 0 unspecified atom stereocenters. The van der Waals surface area contributed by atoms with Crippen molar-refractivity contribution < 1.29 is 5.11 Å². The Morgan fingerprint density at radius 1 is 1.00 bits per heavy atom. The van der Waals surface area contributed by atoms with Gasteiger partial charge in [0.1, 0.15) is 12.0 Å². The molecule has 0 fully saturated rings. The summed E-state index contributed by atoms with van der Waals surface area (Å²) < 4.78 is 1.76. The average Bonchev–Trinajstić information content (AvgIpc) is 3.06. The number of hydrogen-bond acceptors (Lipinski definition) is 5. The van der Waals surface area contributed by atoms with Crippen LogP contribution in [0.3, 0.4) is 0 Å². The van der Waals surface area contributed by atoms with E-state index in [1.165, 1.54) is 0 Å². The Labute approximate surface area is 138 Å². The molecule has 0 radical (unpaired) electrons. The van der Waals surface area contributed by atoms with E-state index in [9.17, 15) is 5.11 Å². The summed E-state index contributed by atoms with van der Waals surface area (Å²) in [6, 6.07) is 9.83. The predicted molar refractivity (Wildman–Crippen MR) is 91.1 cm³/mol. The molecule has 0 saturated carbocycles. The van der Waals surface area contributed by atoms with Crippen molar-refractivity contribution >= 4 is 10.9 Å². The van der Waals surface area contributed by atoms with Crippen molar-refractivity contribution in [3.8, 4) is 22.4 Å². The molecule has 1 aromatic carbocycles. The van der Waals surface area contributed by atoms with E-state index in [0.29, 0.717) is 6.54 Å². The maximum Gasteiger partial charge on any atom is 0.116 e. The third kappa shape index (κ3) is 2.53. The highest BCUT2D eigenvalue weighted by Gasteiger charge is 2.15. The van der Waals surface area contributed by atoms with E-state index < -0.39 is 0 Å². The molecule has 0 bridgehead atoms. The largest absolute Gasteiger partial charge is 0.394 e. The van der Waals surface area contributed by atoms with Crippen molar-refractivity contribution in [2.24, 2.45) is 0 Å². The first-order valence-corrected chi connectivity index (χ1v) is 7.64. The average molecular weight is 317 g/mol. The van der Waals surface area contributed by atoms with Crippen molar-refractivity contribution in [1.82, 2.24) is 24.7 Å². The van der Waals surface area contributed by atoms with Crippen molar-refractivity contribution in [3.05, 3.63) is 61.4 Å². The first-order chi connectivity index (χ1) is 11.9. The maximum absolute atomic E-state index is 9.24. The molecule has 6 nitrogen and oxygen atoms in total. The lowest BCUT2D eigenvalue weighted by Crippen LogP contribution is -2.02. The number of fused-ring (bicyclic) bond motifs is 1. The van der Waals surface area contributed by atoms with Gasteiger partial charge in [-0.1, -0.05) is 12.1 Å². The number of aliphatic hydroxyl groups excluding tert-OH is 1. The summed E-state index contributed by atoms with van der Waals surface area (Å²) in [6.45, 7) is 0.481. The number of aliphatic hydroxyl groups is 1. The molecule has 24 heavy (non-hydrogen) atoms. The van der Waals surface area contributed by atoms with Gasteiger partial charge in [0.25, 0.3) is 0 Å². The van der Waals surface area contributed by atoms with Crippen LogP contribution in [0, 0.1) is 0 Å². The van der Waals surface area contributed by atoms with Crippen molar-refractivity contribution in [2.45, 2.75) is 6.54 Å². The van der Waals surface area contributed by atoms with Crippen LogP contribution < -0.4 is 0 Å². The van der Waals surface area contributed by atoms with Crippen LogP contribution in [0.15, 0.2) is 61.4 Å². The lowest BCUT2D eigenvalue weighted by atomic mass is 9.99. The van der Waals surface area contributed by atoms with E-state index in [2.05, 4.69) is 20.1 Å². The molecule has 0 aliphatic heterocycles. The third-order valence-corrected chi connectivity index (χ3v) is 3.88. The van der Waals surface area contributed by atoms with Gasteiger partial charge in [-0.25, -0.2) is 9.97 Å². The van der Waals surface area contributed by atoms with Crippen LogP contribution in [-0.4, -0.2) is 36.4 Å². The smallest absolute Gasteiger partial charge is 0.116 e. The summed E-state index contributed by atoms with van der Waals surface area (Å²) in [5.74, 6) is 0. The van der Waals surface area contributed by atoms with Crippen LogP contribution in [0.5, 0.6) is 0 Å². The van der Waals surface area contributed by atoms with Crippen molar-refractivity contribution in [1.29, 1.82) is 0 Å². The van der Waals surface area contributed by atoms with Gasteiger partial charge in [0.15, 0.2) is 0 Å². The Balaban J connectivity index is 1.96. The zero-order chi connectivity index (χ0) is 16.4. The standard InChI is InChI=1S/C18H15N5O/c24-9-8-23-11-16(18(22-23)13-4-6-19-7-5-13)14-2-1-3-17-15(14)10-20-12-21-17/h1-7,10-12,24H,8-9H2.